The molecule has 0 radical (unpaired) electrons. The highest BCUT2D eigenvalue weighted by molar-refractivity contribution is 6.31. The van der Waals surface area contributed by atoms with Crippen molar-refractivity contribution in [3.63, 3.8) is 0 Å². The van der Waals surface area contributed by atoms with Crippen LogP contribution < -0.4 is 0 Å². The van der Waals surface area contributed by atoms with Crippen LogP contribution in [0.1, 0.15) is 16.1 Å². The van der Waals surface area contributed by atoms with Gasteiger partial charge in [0, 0.05) is 23.2 Å². The summed E-state index contributed by atoms with van der Waals surface area (Å²) in [6, 6.07) is 9.37. The third-order valence-corrected chi connectivity index (χ3v) is 2.70. The number of rotatable bonds is 3. The van der Waals surface area contributed by atoms with Crippen molar-refractivity contribution in [2.45, 2.75) is 6.42 Å². The molecule has 0 N–H and O–H groups in total. The van der Waals surface area contributed by atoms with Crippen LogP contribution in [0, 0.1) is 5.82 Å². The van der Waals surface area contributed by atoms with Crippen molar-refractivity contribution < 1.29 is 9.18 Å². The molecule has 2 nitrogen and oxygen atoms in total. The number of hydrogen-bond donors (Lipinski definition) is 0. The second-order valence-electron chi connectivity index (χ2n) is 3.52. The molecule has 0 atom stereocenters. The zero-order valence-electron chi connectivity index (χ0n) is 8.86. The van der Waals surface area contributed by atoms with E-state index in [2.05, 4.69) is 4.98 Å². The Morgan fingerprint density at radius 2 is 2.06 bits per heavy atom. The van der Waals surface area contributed by atoms with Gasteiger partial charge in [-0.2, -0.15) is 0 Å². The number of hydrogen-bond acceptors (Lipinski definition) is 2. The van der Waals surface area contributed by atoms with Crippen LogP contribution in [0.25, 0.3) is 0 Å². The molecule has 0 fully saturated rings. The van der Waals surface area contributed by atoms with Crippen LogP contribution in [0.2, 0.25) is 5.02 Å². The summed E-state index contributed by atoms with van der Waals surface area (Å²) in [5.41, 5.74) is 0.525. The van der Waals surface area contributed by atoms with Crippen LogP contribution in [-0.2, 0) is 6.42 Å². The maximum atomic E-state index is 13.5. The van der Waals surface area contributed by atoms with Gasteiger partial charge in [0.1, 0.15) is 11.5 Å². The van der Waals surface area contributed by atoms with Crippen molar-refractivity contribution >= 4 is 17.4 Å². The fraction of sp³-hybridized carbons (Fsp3) is 0.0769. The molecule has 0 aliphatic rings. The summed E-state index contributed by atoms with van der Waals surface area (Å²) >= 11 is 5.85. The van der Waals surface area contributed by atoms with Crippen molar-refractivity contribution in [3.05, 3.63) is 64.7 Å². The predicted octanol–water partition coefficient (Wildman–Crippen LogP) is 3.30. The molecule has 0 aliphatic carbocycles. The van der Waals surface area contributed by atoms with Crippen LogP contribution in [0.5, 0.6) is 0 Å². The molecular formula is C13H9ClFNO. The van der Waals surface area contributed by atoms with E-state index < -0.39 is 5.82 Å². The number of nitrogens with zero attached hydrogens (tertiary/aromatic N) is 1. The zero-order valence-corrected chi connectivity index (χ0v) is 9.62. The Kier molecular flexibility index (Phi) is 3.49. The van der Waals surface area contributed by atoms with Crippen molar-refractivity contribution in [1.82, 2.24) is 4.98 Å². The van der Waals surface area contributed by atoms with Gasteiger partial charge in [0.25, 0.3) is 0 Å². The van der Waals surface area contributed by atoms with Crippen molar-refractivity contribution in [1.29, 1.82) is 0 Å². The topological polar surface area (TPSA) is 30.0 Å². The minimum Gasteiger partial charge on any atom is -0.292 e. The molecule has 4 heteroatoms. The molecule has 2 rings (SSSR count). The summed E-state index contributed by atoms with van der Waals surface area (Å²) in [6.07, 6.45) is 1.44. The van der Waals surface area contributed by atoms with E-state index in [9.17, 15) is 9.18 Å². The molecule has 17 heavy (non-hydrogen) atoms. The number of ketones is 1. The van der Waals surface area contributed by atoms with E-state index in [4.69, 9.17) is 11.6 Å². The molecule has 0 spiro atoms. The largest absolute Gasteiger partial charge is 0.292 e. The van der Waals surface area contributed by atoms with Gasteiger partial charge in [0.05, 0.1) is 0 Å². The number of carbonyl (C=O) groups excluding carboxylic acids is 1. The summed E-state index contributed by atoms with van der Waals surface area (Å²) in [5.74, 6) is -0.723. The molecule has 0 saturated heterocycles. The second-order valence-corrected chi connectivity index (χ2v) is 3.92. The molecule has 0 aliphatic heterocycles. The zero-order chi connectivity index (χ0) is 12.3. The van der Waals surface area contributed by atoms with Crippen LogP contribution in [0.15, 0.2) is 42.6 Å². The summed E-state index contributed by atoms with van der Waals surface area (Å²) in [7, 11) is 0. The smallest absolute Gasteiger partial charge is 0.185 e. The number of carbonyl (C=O) groups is 1. The van der Waals surface area contributed by atoms with E-state index >= 15 is 0 Å². The highest BCUT2D eigenvalue weighted by atomic mass is 35.5. The Balaban J connectivity index is 2.25. The molecule has 1 heterocycles. The summed E-state index contributed by atoms with van der Waals surface area (Å²) in [6.45, 7) is 0. The van der Waals surface area contributed by atoms with Gasteiger partial charge < -0.3 is 0 Å². The summed E-state index contributed by atoms with van der Waals surface area (Å²) in [5, 5.41) is 0.259. The fourth-order valence-electron chi connectivity index (χ4n) is 1.48. The van der Waals surface area contributed by atoms with Gasteiger partial charge in [0.2, 0.25) is 0 Å². The van der Waals surface area contributed by atoms with Gasteiger partial charge in [-0.05, 0) is 24.3 Å². The lowest BCUT2D eigenvalue weighted by Crippen LogP contribution is -2.07. The summed E-state index contributed by atoms with van der Waals surface area (Å²) in [4.78, 5) is 15.7. The average Bonchev–Trinajstić information content (AvgIpc) is 2.35. The molecule has 0 amide bonds. The average molecular weight is 250 g/mol. The first kappa shape index (κ1) is 11.7. The lowest BCUT2D eigenvalue weighted by molar-refractivity contribution is 0.0987. The number of benzene rings is 1. The SMILES string of the molecule is O=C(Cc1c(F)cccc1Cl)c1ccccn1. The minimum atomic E-state index is -0.471. The Bertz CT molecular complexity index is 522. The van der Waals surface area contributed by atoms with E-state index in [1.165, 1.54) is 18.3 Å². The second kappa shape index (κ2) is 5.06. The molecule has 0 bridgehead atoms. The number of Topliss-reactive ketones (excluding diaryl/α,β-unsaturated/α-hetero) is 1. The van der Waals surface area contributed by atoms with Gasteiger partial charge in [-0.3, -0.25) is 9.78 Å². The standard InChI is InChI=1S/C13H9ClFNO/c14-10-4-3-5-11(15)9(10)8-13(17)12-6-1-2-7-16-12/h1-7H,8H2. The normalized spacial score (nSPS) is 10.2. The minimum absolute atomic E-state index is 0.0808. The molecular weight excluding hydrogens is 241 g/mol. The van der Waals surface area contributed by atoms with Gasteiger partial charge >= 0.3 is 0 Å². The van der Waals surface area contributed by atoms with Crippen LogP contribution in [0.4, 0.5) is 4.39 Å². The van der Waals surface area contributed by atoms with E-state index in [1.54, 1.807) is 24.3 Å². The lowest BCUT2D eigenvalue weighted by Gasteiger charge is -2.04. The van der Waals surface area contributed by atoms with Crippen molar-refractivity contribution in [3.8, 4) is 0 Å². The van der Waals surface area contributed by atoms with Crippen LogP contribution in [-0.4, -0.2) is 10.8 Å². The molecule has 0 unspecified atom stereocenters. The van der Waals surface area contributed by atoms with Crippen LogP contribution in [0.3, 0.4) is 0 Å². The van der Waals surface area contributed by atoms with E-state index in [1.807, 2.05) is 0 Å². The highest BCUT2D eigenvalue weighted by Gasteiger charge is 2.13. The first-order valence-corrected chi connectivity index (χ1v) is 5.43. The first-order valence-electron chi connectivity index (χ1n) is 5.05. The molecule has 1 aromatic heterocycles. The first-order chi connectivity index (χ1) is 8.18. The van der Waals surface area contributed by atoms with E-state index in [-0.39, 0.29) is 22.8 Å². The monoisotopic (exact) mass is 249 g/mol. The Hall–Kier alpha value is -1.74. The van der Waals surface area contributed by atoms with Gasteiger partial charge in [-0.25, -0.2) is 4.39 Å². The molecule has 86 valence electrons. The van der Waals surface area contributed by atoms with Gasteiger partial charge in [0.15, 0.2) is 5.78 Å². The third kappa shape index (κ3) is 2.68. The number of aromatic nitrogens is 1. The molecule has 1 aromatic carbocycles. The lowest BCUT2D eigenvalue weighted by atomic mass is 10.1. The predicted molar refractivity (Wildman–Crippen MR) is 63.7 cm³/mol. The quantitative estimate of drug-likeness (QED) is 0.782. The summed E-state index contributed by atoms with van der Waals surface area (Å²) < 4.78 is 13.5. The fourth-order valence-corrected chi connectivity index (χ4v) is 1.71. The third-order valence-electron chi connectivity index (χ3n) is 2.35. The molecule has 0 saturated carbocycles. The van der Waals surface area contributed by atoms with Gasteiger partial charge in [-0.15, -0.1) is 0 Å². The maximum absolute atomic E-state index is 13.5. The van der Waals surface area contributed by atoms with Crippen LogP contribution >= 0.6 is 11.6 Å². The van der Waals surface area contributed by atoms with E-state index in [0.29, 0.717) is 5.69 Å². The molecule has 2 aromatic rings. The Morgan fingerprint density at radius 1 is 1.24 bits per heavy atom. The van der Waals surface area contributed by atoms with Crippen molar-refractivity contribution in [2.24, 2.45) is 0 Å². The van der Waals surface area contributed by atoms with Gasteiger partial charge in [-0.1, -0.05) is 23.7 Å². The number of halogens is 2. The van der Waals surface area contributed by atoms with Crippen molar-refractivity contribution in [2.75, 3.05) is 0 Å². The van der Waals surface area contributed by atoms with E-state index in [0.717, 1.165) is 0 Å². The number of pyridine rings is 1. The Morgan fingerprint density at radius 3 is 2.71 bits per heavy atom. The maximum Gasteiger partial charge on any atom is 0.185 e. The Labute approximate surface area is 103 Å². The highest BCUT2D eigenvalue weighted by Crippen LogP contribution is 2.20.